The van der Waals surface area contributed by atoms with Gasteiger partial charge in [0.2, 0.25) is 0 Å². The maximum atomic E-state index is 5.42. The first-order valence-electron chi connectivity index (χ1n) is 8.24. The van der Waals surface area contributed by atoms with Gasteiger partial charge in [-0.3, -0.25) is 0 Å². The third kappa shape index (κ3) is 8.05. The second-order valence-electron chi connectivity index (χ2n) is 5.73. The molecule has 0 saturated heterocycles. The number of likely N-dealkylation sites (N-methyl/N-ethyl adjacent to an activating group) is 1. The molecule has 23 heavy (non-hydrogen) atoms. The van der Waals surface area contributed by atoms with Gasteiger partial charge in [0.25, 0.3) is 0 Å². The van der Waals surface area contributed by atoms with E-state index in [0.29, 0.717) is 0 Å². The van der Waals surface area contributed by atoms with Crippen LogP contribution in [0.4, 0.5) is 0 Å². The van der Waals surface area contributed by atoms with Gasteiger partial charge in [-0.05, 0) is 32.0 Å². The van der Waals surface area contributed by atoms with Crippen molar-refractivity contribution in [3.05, 3.63) is 35.9 Å². The summed E-state index contributed by atoms with van der Waals surface area (Å²) in [6.07, 6.45) is 2.15. The standard InChI is InChI=1S/C17H32N2O3Si/c1-19(16-17-10-6-5-7-11-17)14-13-18-12-8-9-15-23(20-2,21-3)22-4/h5-7,10-11,18H,8-9,12-16H2,1-4H3. The summed E-state index contributed by atoms with van der Waals surface area (Å²) in [5.41, 5.74) is 1.36. The summed E-state index contributed by atoms with van der Waals surface area (Å²) in [4.78, 5) is 2.33. The lowest BCUT2D eigenvalue weighted by Gasteiger charge is -2.24. The van der Waals surface area contributed by atoms with Gasteiger partial charge in [-0.25, -0.2) is 0 Å². The average Bonchev–Trinajstić information content (AvgIpc) is 2.59. The fourth-order valence-corrected chi connectivity index (χ4v) is 4.31. The molecule has 0 aliphatic heterocycles. The zero-order valence-electron chi connectivity index (χ0n) is 15.0. The highest BCUT2D eigenvalue weighted by Crippen LogP contribution is 2.15. The molecule has 0 unspecified atom stereocenters. The van der Waals surface area contributed by atoms with Crippen LogP contribution in [0.2, 0.25) is 6.04 Å². The van der Waals surface area contributed by atoms with Crippen LogP contribution in [0.25, 0.3) is 0 Å². The van der Waals surface area contributed by atoms with E-state index in [4.69, 9.17) is 13.3 Å². The van der Waals surface area contributed by atoms with E-state index < -0.39 is 8.80 Å². The monoisotopic (exact) mass is 340 g/mol. The summed E-state index contributed by atoms with van der Waals surface area (Å²) in [5, 5.41) is 3.49. The summed E-state index contributed by atoms with van der Waals surface area (Å²) >= 11 is 0. The number of hydrogen-bond acceptors (Lipinski definition) is 5. The lowest BCUT2D eigenvalue weighted by Crippen LogP contribution is -2.42. The van der Waals surface area contributed by atoms with E-state index in [2.05, 4.69) is 47.6 Å². The number of benzene rings is 1. The Morgan fingerprint density at radius 1 is 0.957 bits per heavy atom. The van der Waals surface area contributed by atoms with E-state index in [9.17, 15) is 0 Å². The van der Waals surface area contributed by atoms with Gasteiger partial charge in [0.15, 0.2) is 0 Å². The molecule has 0 bridgehead atoms. The molecule has 1 rings (SSSR count). The molecule has 0 aliphatic rings. The largest absolute Gasteiger partial charge is 0.500 e. The van der Waals surface area contributed by atoms with Gasteiger partial charge in [-0.15, -0.1) is 0 Å². The minimum atomic E-state index is -2.38. The van der Waals surface area contributed by atoms with Gasteiger partial charge >= 0.3 is 8.80 Å². The smallest absolute Gasteiger partial charge is 0.377 e. The molecule has 1 N–H and O–H groups in total. The van der Waals surface area contributed by atoms with Crippen LogP contribution in [0.15, 0.2) is 30.3 Å². The van der Waals surface area contributed by atoms with Crippen LogP contribution in [0.5, 0.6) is 0 Å². The predicted molar refractivity (Wildman–Crippen MR) is 96.5 cm³/mol. The van der Waals surface area contributed by atoms with Crippen molar-refractivity contribution in [2.24, 2.45) is 0 Å². The first-order valence-corrected chi connectivity index (χ1v) is 10.2. The molecule has 1 aromatic carbocycles. The van der Waals surface area contributed by atoms with Gasteiger partial charge in [-0.2, -0.15) is 0 Å². The Balaban J connectivity index is 2.05. The normalized spacial score (nSPS) is 12.0. The third-order valence-electron chi connectivity index (χ3n) is 3.99. The molecule has 0 atom stereocenters. The van der Waals surface area contributed by atoms with Crippen LogP contribution in [0.1, 0.15) is 18.4 Å². The molecule has 0 amide bonds. The first kappa shape index (κ1) is 20.3. The molecule has 0 heterocycles. The van der Waals surface area contributed by atoms with Crippen molar-refractivity contribution in [1.29, 1.82) is 0 Å². The molecule has 6 heteroatoms. The van der Waals surface area contributed by atoms with Crippen LogP contribution < -0.4 is 5.32 Å². The van der Waals surface area contributed by atoms with Crippen LogP contribution in [0, 0.1) is 0 Å². The number of nitrogens with one attached hydrogen (secondary N) is 1. The molecule has 0 aromatic heterocycles. The minimum absolute atomic E-state index is 0.867. The predicted octanol–water partition coefficient (Wildman–Crippen LogP) is 2.37. The third-order valence-corrected chi connectivity index (χ3v) is 6.82. The Bertz CT molecular complexity index is 394. The fraction of sp³-hybridized carbons (Fsp3) is 0.647. The molecule has 0 saturated carbocycles. The van der Waals surface area contributed by atoms with Crippen LogP contribution >= 0.6 is 0 Å². The van der Waals surface area contributed by atoms with E-state index in [1.807, 2.05) is 0 Å². The van der Waals surface area contributed by atoms with Crippen molar-refractivity contribution in [3.63, 3.8) is 0 Å². The van der Waals surface area contributed by atoms with E-state index in [0.717, 1.165) is 45.1 Å². The molecule has 5 nitrogen and oxygen atoms in total. The maximum Gasteiger partial charge on any atom is 0.500 e. The Labute approximate surface area is 142 Å². The Morgan fingerprint density at radius 3 is 2.22 bits per heavy atom. The van der Waals surface area contributed by atoms with Crippen molar-refractivity contribution in [2.45, 2.75) is 25.4 Å². The van der Waals surface area contributed by atoms with Crippen molar-refractivity contribution < 1.29 is 13.3 Å². The van der Waals surface area contributed by atoms with Gasteiger partial charge in [-0.1, -0.05) is 30.3 Å². The SMILES string of the molecule is CO[Si](CCCCNCCN(C)Cc1ccccc1)(OC)OC. The fourth-order valence-electron chi connectivity index (χ4n) is 2.52. The summed E-state index contributed by atoms with van der Waals surface area (Å²) in [6.45, 7) is 4.06. The average molecular weight is 341 g/mol. The number of rotatable bonds is 13. The summed E-state index contributed by atoms with van der Waals surface area (Å²) in [7, 11) is 4.77. The van der Waals surface area contributed by atoms with E-state index >= 15 is 0 Å². The van der Waals surface area contributed by atoms with Crippen molar-refractivity contribution in [1.82, 2.24) is 10.2 Å². The molecule has 0 spiro atoms. The molecule has 0 radical (unpaired) electrons. The van der Waals surface area contributed by atoms with Gasteiger partial charge in [0.1, 0.15) is 0 Å². The highest BCUT2D eigenvalue weighted by atomic mass is 28.4. The molecule has 1 aromatic rings. The van der Waals surface area contributed by atoms with Gasteiger partial charge < -0.3 is 23.5 Å². The summed E-state index contributed by atoms with van der Waals surface area (Å²) in [6, 6.07) is 11.4. The Hall–Kier alpha value is -0.763. The Kier molecular flexibility index (Phi) is 10.3. The lowest BCUT2D eigenvalue weighted by atomic mass is 10.2. The molecular formula is C17H32N2O3Si. The first-order chi connectivity index (χ1) is 11.2. The highest BCUT2D eigenvalue weighted by Gasteiger charge is 2.36. The van der Waals surface area contributed by atoms with E-state index in [-0.39, 0.29) is 0 Å². The van der Waals surface area contributed by atoms with Gasteiger partial charge in [0, 0.05) is 47.0 Å². The maximum absolute atomic E-state index is 5.42. The topological polar surface area (TPSA) is 43.0 Å². The number of unbranched alkanes of at least 4 members (excludes halogenated alkanes) is 1. The summed E-state index contributed by atoms with van der Waals surface area (Å²) < 4.78 is 16.3. The van der Waals surface area contributed by atoms with E-state index in [1.165, 1.54) is 5.56 Å². The zero-order chi connectivity index (χ0) is 17.0. The van der Waals surface area contributed by atoms with E-state index in [1.54, 1.807) is 21.3 Å². The van der Waals surface area contributed by atoms with Crippen LogP contribution in [-0.2, 0) is 19.8 Å². The number of hydrogen-bond donors (Lipinski definition) is 1. The number of nitrogens with zero attached hydrogens (tertiary/aromatic N) is 1. The van der Waals surface area contributed by atoms with Crippen molar-refractivity contribution in [3.8, 4) is 0 Å². The Morgan fingerprint density at radius 2 is 1.61 bits per heavy atom. The van der Waals surface area contributed by atoms with Gasteiger partial charge in [0.05, 0.1) is 0 Å². The van der Waals surface area contributed by atoms with Crippen LogP contribution in [0.3, 0.4) is 0 Å². The quantitative estimate of drug-likeness (QED) is 0.441. The van der Waals surface area contributed by atoms with Crippen molar-refractivity contribution in [2.75, 3.05) is 48.0 Å². The molecular weight excluding hydrogens is 308 g/mol. The highest BCUT2D eigenvalue weighted by molar-refractivity contribution is 6.60. The molecule has 0 fully saturated rings. The lowest BCUT2D eigenvalue weighted by molar-refractivity contribution is 0.123. The summed E-state index contributed by atoms with van der Waals surface area (Å²) in [5.74, 6) is 0. The molecule has 132 valence electrons. The van der Waals surface area contributed by atoms with Crippen molar-refractivity contribution >= 4 is 8.80 Å². The van der Waals surface area contributed by atoms with Crippen LogP contribution in [-0.4, -0.2) is 61.7 Å². The minimum Gasteiger partial charge on any atom is -0.377 e. The zero-order valence-corrected chi connectivity index (χ0v) is 16.0. The second kappa shape index (κ2) is 11.7. The molecule has 0 aliphatic carbocycles. The second-order valence-corrected chi connectivity index (χ2v) is 8.82.